The Labute approximate surface area is 196 Å². The fourth-order valence-corrected chi connectivity index (χ4v) is 6.99. The number of aliphatic imine (C=N–C) groups is 1. The number of nitrogens with zero attached hydrogens (tertiary/aromatic N) is 2. The molecule has 34 heavy (non-hydrogen) atoms. The van der Waals surface area contributed by atoms with E-state index in [4.69, 9.17) is 10.5 Å². The molecule has 2 unspecified atom stereocenters. The molecule has 3 N–H and O–H groups in total. The number of hydrogen-bond acceptors (Lipinski definition) is 4. The molecule has 1 amide bonds. The smallest absolute Gasteiger partial charge is 0.369 e. The van der Waals surface area contributed by atoms with E-state index in [0.29, 0.717) is 42.0 Å². The highest BCUT2D eigenvalue weighted by atomic mass is 19.4. The number of nitrogens with one attached hydrogen (secondary N) is 1. The molecule has 1 aromatic carbocycles. The van der Waals surface area contributed by atoms with Gasteiger partial charge >= 0.3 is 6.18 Å². The molecule has 0 saturated heterocycles. The van der Waals surface area contributed by atoms with Gasteiger partial charge < -0.3 is 15.8 Å². The van der Waals surface area contributed by atoms with Crippen LogP contribution in [0.5, 0.6) is 0 Å². The summed E-state index contributed by atoms with van der Waals surface area (Å²) in [7, 11) is 0. The van der Waals surface area contributed by atoms with E-state index in [9.17, 15) is 23.2 Å². The molecule has 0 heterocycles. The van der Waals surface area contributed by atoms with Crippen molar-refractivity contribution in [2.75, 3.05) is 0 Å². The van der Waals surface area contributed by atoms with Crippen LogP contribution in [0.25, 0.3) is 0 Å². The van der Waals surface area contributed by atoms with Gasteiger partial charge in [-0.3, -0.25) is 4.79 Å². The third-order valence-corrected chi connectivity index (χ3v) is 8.65. The molecule has 182 valence electrons. The van der Waals surface area contributed by atoms with E-state index in [1.54, 1.807) is 0 Å². The van der Waals surface area contributed by atoms with Crippen LogP contribution in [0.4, 0.5) is 13.2 Å². The highest BCUT2D eigenvalue weighted by Gasteiger charge is 2.58. The summed E-state index contributed by atoms with van der Waals surface area (Å²) in [6.45, 7) is 0.134. The maximum absolute atomic E-state index is 12.9. The fraction of sp³-hybridized carbons (Fsp3) is 0.640. The van der Waals surface area contributed by atoms with E-state index < -0.39 is 22.8 Å². The first kappa shape index (κ1) is 23.2. The summed E-state index contributed by atoms with van der Waals surface area (Å²) in [4.78, 5) is 16.4. The molecule has 0 aromatic heterocycles. The van der Waals surface area contributed by atoms with Crippen molar-refractivity contribution < 1.29 is 22.7 Å². The standard InChI is InChI=1S/C25H29F3N4O2/c26-25(27,28)19-4-2-15(3-5-19)13-34-24(6-1-7-24)22(31-14-29)32-20-17-8-16-9-18(20)12-23(10-16,11-17)21(30)33/h2-5,16-18,20H,1,6-13H2,(H2,30,33)(H,31,32). The minimum absolute atomic E-state index is 0.114. The molecule has 6 rings (SSSR count). The summed E-state index contributed by atoms with van der Waals surface area (Å²) in [6.07, 6.45) is 4.35. The van der Waals surface area contributed by atoms with Crippen molar-refractivity contribution in [3.8, 4) is 6.19 Å². The summed E-state index contributed by atoms with van der Waals surface area (Å²) in [6, 6.07) is 5.06. The van der Waals surface area contributed by atoms with Crippen molar-refractivity contribution in [3.05, 3.63) is 35.4 Å². The van der Waals surface area contributed by atoms with Crippen molar-refractivity contribution in [1.29, 1.82) is 5.26 Å². The SMILES string of the molecule is N#C/N=C(/NC1C2CC3CC1CC(C(N)=O)(C3)C2)C1(OCc2ccc(C(F)(F)F)cc2)CCC1. The molecule has 1 aromatic rings. The van der Waals surface area contributed by atoms with Gasteiger partial charge in [0.15, 0.2) is 0 Å². The van der Waals surface area contributed by atoms with Gasteiger partial charge in [0.2, 0.25) is 12.1 Å². The number of carbonyl (C=O) groups excluding carboxylic acids is 1. The lowest BCUT2D eigenvalue weighted by Gasteiger charge is -2.59. The first-order chi connectivity index (χ1) is 16.1. The van der Waals surface area contributed by atoms with Crippen molar-refractivity contribution in [2.45, 2.75) is 75.8 Å². The minimum Gasteiger partial charge on any atom is -0.369 e. The second-order valence-corrected chi connectivity index (χ2v) is 10.7. The molecule has 9 heteroatoms. The quantitative estimate of drug-likeness (QED) is 0.365. The fourth-order valence-electron chi connectivity index (χ4n) is 6.99. The van der Waals surface area contributed by atoms with Crippen LogP contribution in [0.1, 0.15) is 62.5 Å². The summed E-state index contributed by atoms with van der Waals surface area (Å²) in [5.41, 5.74) is 4.61. The summed E-state index contributed by atoms with van der Waals surface area (Å²) in [5, 5.41) is 13.0. The van der Waals surface area contributed by atoms with Gasteiger partial charge in [0.1, 0.15) is 11.4 Å². The van der Waals surface area contributed by atoms with E-state index in [1.807, 2.05) is 6.19 Å². The molecule has 2 atom stereocenters. The number of amides is 1. The largest absolute Gasteiger partial charge is 0.416 e. The molecule has 5 fully saturated rings. The lowest BCUT2D eigenvalue weighted by atomic mass is 9.47. The number of halogens is 3. The second kappa shape index (κ2) is 8.26. The van der Waals surface area contributed by atoms with Crippen LogP contribution in [0.2, 0.25) is 0 Å². The normalized spacial score (nSPS) is 33.8. The van der Waals surface area contributed by atoms with Gasteiger partial charge in [-0.15, -0.1) is 0 Å². The average molecular weight is 475 g/mol. The zero-order chi connectivity index (χ0) is 24.1. The number of nitriles is 1. The number of rotatable bonds is 6. The minimum atomic E-state index is -4.38. The zero-order valence-electron chi connectivity index (χ0n) is 18.9. The Morgan fingerprint density at radius 2 is 1.82 bits per heavy atom. The number of nitrogens with two attached hydrogens (primary N) is 1. The van der Waals surface area contributed by atoms with Crippen molar-refractivity contribution in [3.63, 3.8) is 0 Å². The Morgan fingerprint density at radius 1 is 1.18 bits per heavy atom. The van der Waals surface area contributed by atoms with Crippen molar-refractivity contribution in [1.82, 2.24) is 5.32 Å². The van der Waals surface area contributed by atoms with Crippen LogP contribution in [-0.2, 0) is 22.3 Å². The molecule has 5 aliphatic carbocycles. The number of amidine groups is 1. The highest BCUT2D eigenvalue weighted by molar-refractivity contribution is 5.92. The Bertz CT molecular complexity index is 1010. The van der Waals surface area contributed by atoms with Crippen LogP contribution >= 0.6 is 0 Å². The topological polar surface area (TPSA) is 101 Å². The lowest BCUT2D eigenvalue weighted by Crippen LogP contribution is -2.65. The molecule has 0 radical (unpaired) electrons. The number of alkyl halides is 3. The monoisotopic (exact) mass is 474 g/mol. The highest BCUT2D eigenvalue weighted by Crippen LogP contribution is 2.60. The molecule has 0 aliphatic heterocycles. The summed E-state index contributed by atoms with van der Waals surface area (Å²) < 4.78 is 44.8. The molecule has 0 spiro atoms. The third kappa shape index (κ3) is 3.96. The van der Waals surface area contributed by atoms with Crippen LogP contribution < -0.4 is 11.1 Å². The molecular weight excluding hydrogens is 445 g/mol. The van der Waals surface area contributed by atoms with Gasteiger partial charge in [-0.1, -0.05) is 12.1 Å². The molecule has 5 saturated carbocycles. The van der Waals surface area contributed by atoms with Gasteiger partial charge in [-0.2, -0.15) is 23.4 Å². The third-order valence-electron chi connectivity index (χ3n) is 8.65. The first-order valence-corrected chi connectivity index (χ1v) is 12.0. The zero-order valence-corrected chi connectivity index (χ0v) is 18.9. The van der Waals surface area contributed by atoms with Crippen LogP contribution in [0, 0.1) is 34.6 Å². The number of benzene rings is 1. The molecular formula is C25H29F3N4O2. The van der Waals surface area contributed by atoms with Gasteiger partial charge in [0.05, 0.1) is 12.2 Å². The average Bonchev–Trinajstić information content (AvgIpc) is 2.74. The number of carbonyl (C=O) groups is 1. The van der Waals surface area contributed by atoms with Crippen molar-refractivity contribution >= 4 is 11.7 Å². The molecule has 6 nitrogen and oxygen atoms in total. The lowest BCUT2D eigenvalue weighted by molar-refractivity contribution is -0.145. The van der Waals surface area contributed by atoms with E-state index in [0.717, 1.165) is 50.7 Å². The van der Waals surface area contributed by atoms with Gasteiger partial charge in [0.25, 0.3) is 0 Å². The summed E-state index contributed by atoms with van der Waals surface area (Å²) >= 11 is 0. The van der Waals surface area contributed by atoms with Gasteiger partial charge in [0, 0.05) is 11.5 Å². The van der Waals surface area contributed by atoms with Crippen LogP contribution in [0.15, 0.2) is 29.3 Å². The molecule has 5 aliphatic rings. The number of ether oxygens (including phenoxy) is 1. The van der Waals surface area contributed by atoms with E-state index in [2.05, 4.69) is 10.3 Å². The Hall–Kier alpha value is -2.60. The predicted octanol–water partition coefficient (Wildman–Crippen LogP) is 4.29. The first-order valence-electron chi connectivity index (χ1n) is 12.0. The maximum Gasteiger partial charge on any atom is 0.416 e. The van der Waals surface area contributed by atoms with E-state index in [1.165, 1.54) is 12.1 Å². The van der Waals surface area contributed by atoms with Crippen LogP contribution in [0.3, 0.4) is 0 Å². The second-order valence-electron chi connectivity index (χ2n) is 10.7. The van der Waals surface area contributed by atoms with Crippen LogP contribution in [-0.4, -0.2) is 23.4 Å². The number of primary amides is 1. The van der Waals surface area contributed by atoms with E-state index >= 15 is 0 Å². The Balaban J connectivity index is 1.30. The summed E-state index contributed by atoms with van der Waals surface area (Å²) in [5.74, 6) is 1.45. The maximum atomic E-state index is 12.9. The van der Waals surface area contributed by atoms with Crippen molar-refractivity contribution in [2.24, 2.45) is 33.9 Å². The Morgan fingerprint density at radius 3 is 2.32 bits per heavy atom. The Kier molecular flexibility index (Phi) is 5.63. The predicted molar refractivity (Wildman–Crippen MR) is 118 cm³/mol. The number of hydrogen-bond donors (Lipinski definition) is 2. The van der Waals surface area contributed by atoms with E-state index in [-0.39, 0.29) is 18.6 Å². The van der Waals surface area contributed by atoms with Gasteiger partial charge in [-0.25, -0.2) is 0 Å². The molecule has 4 bridgehead atoms. The van der Waals surface area contributed by atoms with Gasteiger partial charge in [-0.05, 0) is 86.8 Å².